The molecule has 10 heteroatoms. The minimum atomic E-state index is -3.41. The Hall–Kier alpha value is -2.01. The lowest BCUT2D eigenvalue weighted by atomic mass is 10.0. The molecule has 0 bridgehead atoms. The third kappa shape index (κ3) is 4.61. The van der Waals surface area contributed by atoms with Gasteiger partial charge in [-0.2, -0.15) is 4.31 Å². The highest BCUT2D eigenvalue weighted by molar-refractivity contribution is 7.88. The number of furan rings is 1. The summed E-state index contributed by atoms with van der Waals surface area (Å²) in [4.78, 5) is 19.9. The van der Waals surface area contributed by atoms with E-state index < -0.39 is 10.0 Å². The van der Waals surface area contributed by atoms with Crippen molar-refractivity contribution in [3.05, 3.63) is 52.7 Å². The van der Waals surface area contributed by atoms with Crippen molar-refractivity contribution in [2.45, 2.75) is 25.4 Å². The minimum Gasteiger partial charge on any atom is -0.459 e. The molecule has 0 saturated carbocycles. The molecule has 0 aromatic carbocycles. The first-order chi connectivity index (χ1) is 13.9. The van der Waals surface area contributed by atoms with Crippen LogP contribution in [0.15, 0.2) is 45.7 Å². The molecule has 154 valence electrons. The molecule has 0 atom stereocenters. The Balaban J connectivity index is 1.44. The summed E-state index contributed by atoms with van der Waals surface area (Å²) in [6.07, 6.45) is 3.88. The molecule has 0 spiro atoms. The molecule has 0 N–H and O–H groups in total. The zero-order chi connectivity index (χ0) is 20.4. The van der Waals surface area contributed by atoms with Crippen molar-refractivity contribution in [3.8, 4) is 9.88 Å². The first-order valence-electron chi connectivity index (χ1n) is 9.19. The van der Waals surface area contributed by atoms with E-state index in [1.54, 1.807) is 28.4 Å². The zero-order valence-electron chi connectivity index (χ0n) is 15.9. The number of likely N-dealkylation sites (tertiary alicyclic amines) is 1. The number of thiophene rings is 1. The molecule has 0 aliphatic carbocycles. The number of rotatable bonds is 6. The number of carbonyl (C=O) groups excluding carboxylic acids is 1. The average Bonchev–Trinajstić information content (AvgIpc) is 3.47. The summed E-state index contributed by atoms with van der Waals surface area (Å²) in [6, 6.07) is 7.15. The zero-order valence-corrected chi connectivity index (χ0v) is 18.3. The van der Waals surface area contributed by atoms with Gasteiger partial charge in [-0.1, -0.05) is 6.07 Å². The van der Waals surface area contributed by atoms with Crippen molar-refractivity contribution in [1.82, 2.24) is 14.2 Å². The normalized spacial score (nSPS) is 15.9. The fourth-order valence-electron chi connectivity index (χ4n) is 3.48. The Morgan fingerprint density at radius 2 is 2.07 bits per heavy atom. The van der Waals surface area contributed by atoms with Crippen molar-refractivity contribution in [1.29, 1.82) is 0 Å². The molecule has 4 heterocycles. The van der Waals surface area contributed by atoms with E-state index >= 15 is 0 Å². The summed E-state index contributed by atoms with van der Waals surface area (Å²) in [7, 11) is -3.41. The molecular formula is C19H21N3O4S3. The fraction of sp³-hybridized carbons (Fsp3) is 0.368. The van der Waals surface area contributed by atoms with Crippen LogP contribution in [0.2, 0.25) is 0 Å². The number of sulfonamides is 1. The number of hydrogen-bond donors (Lipinski definition) is 0. The van der Waals surface area contributed by atoms with Gasteiger partial charge in [-0.15, -0.1) is 22.7 Å². The lowest BCUT2D eigenvalue weighted by molar-refractivity contribution is 0.0644. The van der Waals surface area contributed by atoms with Crippen molar-refractivity contribution >= 4 is 38.6 Å². The number of hydrogen-bond acceptors (Lipinski definition) is 7. The highest BCUT2D eigenvalue weighted by Crippen LogP contribution is 2.29. The van der Waals surface area contributed by atoms with E-state index in [2.05, 4.69) is 4.98 Å². The molecular weight excluding hydrogens is 430 g/mol. The van der Waals surface area contributed by atoms with Gasteiger partial charge in [-0.3, -0.25) is 4.79 Å². The van der Waals surface area contributed by atoms with Gasteiger partial charge in [0, 0.05) is 24.5 Å². The number of aromatic nitrogens is 1. The number of carbonyl (C=O) groups is 1. The second-order valence-corrected chi connectivity index (χ2v) is 10.7. The Bertz CT molecular complexity index is 1050. The summed E-state index contributed by atoms with van der Waals surface area (Å²) in [6.45, 7) is 1.24. The maximum atomic E-state index is 12.5. The van der Waals surface area contributed by atoms with Gasteiger partial charge in [0.1, 0.15) is 5.01 Å². The Kier molecular flexibility index (Phi) is 5.86. The molecule has 0 radical (unpaired) electrons. The molecule has 29 heavy (non-hydrogen) atoms. The molecule has 1 amide bonds. The molecule has 4 rings (SSSR count). The van der Waals surface area contributed by atoms with Crippen molar-refractivity contribution in [2.24, 2.45) is 0 Å². The van der Waals surface area contributed by atoms with E-state index in [4.69, 9.17) is 4.42 Å². The maximum Gasteiger partial charge on any atom is 0.289 e. The number of piperidine rings is 1. The van der Waals surface area contributed by atoms with Gasteiger partial charge in [0.25, 0.3) is 5.91 Å². The highest BCUT2D eigenvalue weighted by atomic mass is 32.2. The number of thiazole rings is 1. The maximum absolute atomic E-state index is 12.5. The first-order valence-corrected chi connectivity index (χ1v) is 12.8. The van der Waals surface area contributed by atoms with Gasteiger partial charge < -0.3 is 9.32 Å². The molecule has 1 fully saturated rings. The predicted octanol–water partition coefficient (Wildman–Crippen LogP) is 3.53. The van der Waals surface area contributed by atoms with Crippen LogP contribution in [-0.2, 0) is 16.6 Å². The largest absolute Gasteiger partial charge is 0.459 e. The summed E-state index contributed by atoms with van der Waals surface area (Å²) < 4.78 is 31.7. The molecule has 1 aliphatic rings. The van der Waals surface area contributed by atoms with Crippen LogP contribution in [0.5, 0.6) is 0 Å². The van der Waals surface area contributed by atoms with Gasteiger partial charge >= 0.3 is 0 Å². The molecule has 7 nitrogen and oxygen atoms in total. The molecule has 3 aromatic rings. The molecule has 1 saturated heterocycles. The van der Waals surface area contributed by atoms with Crippen LogP contribution >= 0.6 is 22.7 Å². The van der Waals surface area contributed by atoms with Crippen LogP contribution in [0.3, 0.4) is 0 Å². The predicted molar refractivity (Wildman–Crippen MR) is 113 cm³/mol. The lowest BCUT2D eigenvalue weighted by Crippen LogP contribution is -2.48. The highest BCUT2D eigenvalue weighted by Gasteiger charge is 2.33. The van der Waals surface area contributed by atoms with Crippen molar-refractivity contribution < 1.29 is 17.6 Å². The topological polar surface area (TPSA) is 83.7 Å². The third-order valence-corrected chi connectivity index (χ3v) is 8.13. The van der Waals surface area contributed by atoms with Crippen molar-refractivity contribution in [2.75, 3.05) is 19.3 Å². The van der Waals surface area contributed by atoms with Crippen LogP contribution in [0.1, 0.15) is 29.1 Å². The summed E-state index contributed by atoms with van der Waals surface area (Å²) in [5.74, 6) is 0.159. The lowest BCUT2D eigenvalue weighted by Gasteiger charge is -2.36. The standard InChI is InChI=1S/C19H21N3O4S3/c1-29(24,25)22(12-14-13-28-18(20-14)17-5-3-11-27-17)15-6-8-21(9-7-15)19(23)16-4-2-10-26-16/h2-5,10-11,13,15H,6-9,12H2,1H3. The van der Waals surface area contributed by atoms with E-state index in [-0.39, 0.29) is 18.5 Å². The van der Waals surface area contributed by atoms with Gasteiger partial charge in [-0.25, -0.2) is 13.4 Å². The Labute approximate surface area is 177 Å². The summed E-state index contributed by atoms with van der Waals surface area (Å²) >= 11 is 3.14. The quantitative estimate of drug-likeness (QED) is 0.572. The first kappa shape index (κ1) is 20.3. The SMILES string of the molecule is CS(=O)(=O)N(Cc1csc(-c2cccs2)n1)C1CCN(C(=O)c2ccco2)CC1. The van der Waals surface area contributed by atoms with Crippen molar-refractivity contribution in [3.63, 3.8) is 0 Å². The summed E-state index contributed by atoms with van der Waals surface area (Å²) in [5, 5.41) is 4.82. The van der Waals surface area contributed by atoms with Crippen LogP contribution in [-0.4, -0.2) is 53.9 Å². The van der Waals surface area contributed by atoms with E-state index in [1.165, 1.54) is 28.2 Å². The van der Waals surface area contributed by atoms with Crippen LogP contribution in [0, 0.1) is 0 Å². The van der Waals surface area contributed by atoms with Gasteiger partial charge in [0.2, 0.25) is 10.0 Å². The number of amides is 1. The van der Waals surface area contributed by atoms with Crippen LogP contribution in [0.4, 0.5) is 0 Å². The second kappa shape index (κ2) is 8.39. The van der Waals surface area contributed by atoms with Gasteiger partial charge in [0.15, 0.2) is 5.76 Å². The fourth-order valence-corrected chi connectivity index (χ4v) is 6.23. The van der Waals surface area contributed by atoms with Crippen LogP contribution in [0.25, 0.3) is 9.88 Å². The van der Waals surface area contributed by atoms with E-state index in [0.717, 1.165) is 15.6 Å². The van der Waals surface area contributed by atoms with E-state index in [9.17, 15) is 13.2 Å². The Morgan fingerprint density at radius 3 is 2.69 bits per heavy atom. The monoisotopic (exact) mass is 451 g/mol. The smallest absolute Gasteiger partial charge is 0.289 e. The number of nitrogens with zero attached hydrogens (tertiary/aromatic N) is 3. The second-order valence-electron chi connectivity index (χ2n) is 6.93. The molecule has 3 aromatic heterocycles. The van der Waals surface area contributed by atoms with E-state index in [0.29, 0.717) is 31.7 Å². The third-order valence-electron chi connectivity index (χ3n) is 4.92. The Morgan fingerprint density at radius 1 is 1.28 bits per heavy atom. The van der Waals surface area contributed by atoms with E-state index in [1.807, 2.05) is 22.9 Å². The summed E-state index contributed by atoms with van der Waals surface area (Å²) in [5.41, 5.74) is 0.748. The molecule has 0 unspecified atom stereocenters. The van der Waals surface area contributed by atoms with Gasteiger partial charge in [-0.05, 0) is 36.4 Å². The minimum absolute atomic E-state index is 0.153. The molecule has 1 aliphatic heterocycles. The van der Waals surface area contributed by atoms with Crippen LogP contribution < -0.4 is 0 Å². The van der Waals surface area contributed by atoms with Gasteiger partial charge in [0.05, 0.1) is 29.6 Å². The average molecular weight is 452 g/mol.